The van der Waals surface area contributed by atoms with E-state index in [1.165, 1.54) is 24.3 Å². The summed E-state index contributed by atoms with van der Waals surface area (Å²) in [7, 11) is -3.81. The van der Waals surface area contributed by atoms with Gasteiger partial charge in [0.15, 0.2) is 0 Å². The number of sulfonamides is 1. The molecule has 0 fully saturated rings. The first kappa shape index (κ1) is 14.5. The number of anilines is 1. The average molecular weight is 294 g/mol. The second kappa shape index (κ2) is 5.60. The van der Waals surface area contributed by atoms with Crippen molar-refractivity contribution in [1.82, 2.24) is 0 Å². The van der Waals surface area contributed by atoms with Crippen LogP contribution in [-0.4, -0.2) is 8.42 Å². The number of hydrogen-bond donors (Lipinski definition) is 2. The Kier molecular flexibility index (Phi) is 4.06. The van der Waals surface area contributed by atoms with E-state index in [-0.39, 0.29) is 10.6 Å². The Bertz CT molecular complexity index is 712. The SMILES string of the molecule is Cc1ccc(F)c(NS(=O)(=O)c2ccc(CN)cc2)c1. The Morgan fingerprint density at radius 3 is 2.40 bits per heavy atom. The summed E-state index contributed by atoms with van der Waals surface area (Å²) in [5.74, 6) is -0.613. The van der Waals surface area contributed by atoms with Crippen molar-refractivity contribution in [3.05, 3.63) is 59.4 Å². The van der Waals surface area contributed by atoms with Crippen LogP contribution in [0.15, 0.2) is 47.4 Å². The first-order valence-electron chi connectivity index (χ1n) is 6.00. The number of nitrogens with two attached hydrogens (primary N) is 1. The minimum absolute atomic E-state index is 0.0621. The Hall–Kier alpha value is -1.92. The molecule has 0 amide bonds. The van der Waals surface area contributed by atoms with Crippen LogP contribution >= 0.6 is 0 Å². The van der Waals surface area contributed by atoms with Crippen molar-refractivity contribution in [1.29, 1.82) is 0 Å². The molecule has 6 heteroatoms. The highest BCUT2D eigenvalue weighted by Crippen LogP contribution is 2.20. The third-order valence-electron chi connectivity index (χ3n) is 2.84. The summed E-state index contributed by atoms with van der Waals surface area (Å²) in [5, 5.41) is 0. The molecule has 0 radical (unpaired) electrons. The van der Waals surface area contributed by atoms with Crippen LogP contribution in [0.25, 0.3) is 0 Å². The zero-order valence-electron chi connectivity index (χ0n) is 10.9. The zero-order valence-corrected chi connectivity index (χ0v) is 11.7. The van der Waals surface area contributed by atoms with Gasteiger partial charge in [-0.3, -0.25) is 4.72 Å². The van der Waals surface area contributed by atoms with Crippen molar-refractivity contribution < 1.29 is 12.8 Å². The first-order chi connectivity index (χ1) is 9.42. The smallest absolute Gasteiger partial charge is 0.261 e. The Morgan fingerprint density at radius 2 is 1.80 bits per heavy atom. The molecule has 0 bridgehead atoms. The van der Waals surface area contributed by atoms with Crippen molar-refractivity contribution in [2.24, 2.45) is 5.73 Å². The summed E-state index contributed by atoms with van der Waals surface area (Å²) in [5.41, 5.74) is 6.98. The minimum atomic E-state index is -3.81. The van der Waals surface area contributed by atoms with E-state index in [9.17, 15) is 12.8 Å². The number of nitrogens with one attached hydrogen (secondary N) is 1. The standard InChI is InChI=1S/C14H15FN2O2S/c1-10-2-7-13(15)14(8-10)17-20(18,19)12-5-3-11(9-16)4-6-12/h2-8,17H,9,16H2,1H3. The van der Waals surface area contributed by atoms with Crippen LogP contribution in [0.5, 0.6) is 0 Å². The summed E-state index contributed by atoms with van der Waals surface area (Å²) < 4.78 is 40.1. The Balaban J connectivity index is 2.32. The molecule has 0 spiro atoms. The molecule has 0 aromatic heterocycles. The van der Waals surface area contributed by atoms with Crippen LogP contribution in [0.2, 0.25) is 0 Å². The van der Waals surface area contributed by atoms with Gasteiger partial charge >= 0.3 is 0 Å². The monoisotopic (exact) mass is 294 g/mol. The van der Waals surface area contributed by atoms with Crippen molar-refractivity contribution in [3.63, 3.8) is 0 Å². The number of hydrogen-bond acceptors (Lipinski definition) is 3. The van der Waals surface area contributed by atoms with Gasteiger partial charge in [-0.1, -0.05) is 18.2 Å². The predicted molar refractivity (Wildman–Crippen MR) is 76.3 cm³/mol. The van der Waals surface area contributed by atoms with E-state index in [2.05, 4.69) is 4.72 Å². The van der Waals surface area contributed by atoms with Gasteiger partial charge in [0, 0.05) is 6.54 Å². The van der Waals surface area contributed by atoms with E-state index >= 15 is 0 Å². The van der Waals surface area contributed by atoms with Crippen LogP contribution in [0.1, 0.15) is 11.1 Å². The van der Waals surface area contributed by atoms with Gasteiger partial charge in [0.05, 0.1) is 10.6 Å². The van der Waals surface area contributed by atoms with E-state index in [0.29, 0.717) is 6.54 Å². The van der Waals surface area contributed by atoms with Crippen molar-refractivity contribution in [2.45, 2.75) is 18.4 Å². The van der Waals surface area contributed by atoms with E-state index < -0.39 is 15.8 Å². The molecule has 0 saturated carbocycles. The molecule has 0 atom stereocenters. The minimum Gasteiger partial charge on any atom is -0.326 e. The molecular weight excluding hydrogens is 279 g/mol. The van der Waals surface area contributed by atoms with E-state index in [1.54, 1.807) is 25.1 Å². The van der Waals surface area contributed by atoms with Gasteiger partial charge in [-0.25, -0.2) is 12.8 Å². The van der Waals surface area contributed by atoms with Crippen molar-refractivity contribution >= 4 is 15.7 Å². The predicted octanol–water partition coefficient (Wildman–Crippen LogP) is 2.39. The molecule has 0 unspecified atom stereocenters. The molecule has 0 aliphatic carbocycles. The lowest BCUT2D eigenvalue weighted by atomic mass is 10.2. The third-order valence-corrected chi connectivity index (χ3v) is 4.22. The van der Waals surface area contributed by atoms with E-state index in [1.807, 2.05) is 0 Å². The lowest BCUT2D eigenvalue weighted by Crippen LogP contribution is -2.14. The van der Waals surface area contributed by atoms with Gasteiger partial charge < -0.3 is 5.73 Å². The molecule has 4 nitrogen and oxygen atoms in total. The fourth-order valence-electron chi connectivity index (χ4n) is 1.73. The van der Waals surface area contributed by atoms with Gasteiger partial charge in [-0.05, 0) is 42.3 Å². The maximum atomic E-state index is 13.6. The van der Waals surface area contributed by atoms with Crippen LogP contribution in [0.3, 0.4) is 0 Å². The first-order valence-corrected chi connectivity index (χ1v) is 7.48. The summed E-state index contributed by atoms with van der Waals surface area (Å²) in [6.07, 6.45) is 0. The maximum absolute atomic E-state index is 13.6. The molecule has 20 heavy (non-hydrogen) atoms. The summed E-state index contributed by atoms with van der Waals surface area (Å²) in [6.45, 7) is 2.09. The molecule has 2 aromatic carbocycles. The zero-order chi connectivity index (χ0) is 14.8. The van der Waals surface area contributed by atoms with Gasteiger partial charge in [-0.15, -0.1) is 0 Å². The molecule has 0 saturated heterocycles. The molecule has 106 valence electrons. The Morgan fingerprint density at radius 1 is 1.15 bits per heavy atom. The fraction of sp³-hybridized carbons (Fsp3) is 0.143. The topological polar surface area (TPSA) is 72.2 Å². The van der Waals surface area contributed by atoms with Gasteiger partial charge in [0.25, 0.3) is 10.0 Å². The summed E-state index contributed by atoms with van der Waals surface area (Å²) in [6, 6.07) is 10.4. The van der Waals surface area contributed by atoms with Gasteiger partial charge in [-0.2, -0.15) is 0 Å². The highest BCUT2D eigenvalue weighted by Gasteiger charge is 2.16. The maximum Gasteiger partial charge on any atom is 0.261 e. The number of halogens is 1. The van der Waals surface area contributed by atoms with E-state index in [0.717, 1.165) is 11.1 Å². The molecule has 3 N–H and O–H groups in total. The molecule has 2 aromatic rings. The average Bonchev–Trinajstić information content (AvgIpc) is 2.43. The number of rotatable bonds is 4. The normalized spacial score (nSPS) is 11.3. The lowest BCUT2D eigenvalue weighted by molar-refractivity contribution is 0.598. The van der Waals surface area contributed by atoms with Crippen molar-refractivity contribution in [3.8, 4) is 0 Å². The summed E-state index contributed by atoms with van der Waals surface area (Å²) in [4.78, 5) is 0.0654. The summed E-state index contributed by atoms with van der Waals surface area (Å²) >= 11 is 0. The highest BCUT2D eigenvalue weighted by atomic mass is 32.2. The quantitative estimate of drug-likeness (QED) is 0.909. The van der Waals surface area contributed by atoms with E-state index in [4.69, 9.17) is 5.73 Å². The fourth-order valence-corrected chi connectivity index (χ4v) is 2.78. The molecule has 0 heterocycles. The van der Waals surface area contributed by atoms with Crippen LogP contribution < -0.4 is 10.5 Å². The number of benzene rings is 2. The highest BCUT2D eigenvalue weighted by molar-refractivity contribution is 7.92. The van der Waals surface area contributed by atoms with Gasteiger partial charge in [0.1, 0.15) is 5.82 Å². The third kappa shape index (κ3) is 3.15. The largest absolute Gasteiger partial charge is 0.326 e. The lowest BCUT2D eigenvalue weighted by Gasteiger charge is -2.10. The molecule has 0 aliphatic rings. The van der Waals surface area contributed by atoms with Crippen molar-refractivity contribution in [2.75, 3.05) is 4.72 Å². The molecule has 2 rings (SSSR count). The Labute approximate surface area is 117 Å². The second-order valence-corrected chi connectivity index (χ2v) is 6.12. The molecule has 0 aliphatic heterocycles. The van der Waals surface area contributed by atoms with Crippen LogP contribution in [0.4, 0.5) is 10.1 Å². The number of aryl methyl sites for hydroxylation is 1. The molecular formula is C14H15FN2O2S. The van der Waals surface area contributed by atoms with Crippen LogP contribution in [0, 0.1) is 12.7 Å². The van der Waals surface area contributed by atoms with Crippen LogP contribution in [-0.2, 0) is 16.6 Å². The second-order valence-electron chi connectivity index (χ2n) is 4.44. The van der Waals surface area contributed by atoms with Gasteiger partial charge in [0.2, 0.25) is 0 Å².